The molecule has 0 aromatic heterocycles. The first-order valence-corrected chi connectivity index (χ1v) is 6.28. The first kappa shape index (κ1) is 14.2. The number of nitrogens with zero attached hydrogens (tertiary/aromatic N) is 1. The van der Waals surface area contributed by atoms with Gasteiger partial charge in [0.1, 0.15) is 11.4 Å². The zero-order valence-corrected chi connectivity index (χ0v) is 11.9. The summed E-state index contributed by atoms with van der Waals surface area (Å²) in [6, 6.07) is 3.86. The van der Waals surface area contributed by atoms with E-state index in [1.165, 1.54) is 18.2 Å². The van der Waals surface area contributed by atoms with E-state index in [0.717, 1.165) is 4.90 Å². The predicted octanol–water partition coefficient (Wildman–Crippen LogP) is 3.51. The van der Waals surface area contributed by atoms with Gasteiger partial charge in [-0.25, -0.2) is 14.1 Å². The molecule has 0 fully saturated rings. The smallest absolute Gasteiger partial charge is 0.422 e. The summed E-state index contributed by atoms with van der Waals surface area (Å²) in [6.45, 7) is 6.81. The van der Waals surface area contributed by atoms with E-state index in [1.54, 1.807) is 33.8 Å². The third-order valence-corrected chi connectivity index (χ3v) is 2.79. The number of hydrogen-bond acceptors (Lipinski definition) is 3. The SMILES string of the molecule is C/C=C1\C(=O)N(C(=O)OC(C)(C)C)c2ccc(F)cc21. The van der Waals surface area contributed by atoms with Gasteiger partial charge in [0.25, 0.3) is 5.91 Å². The molecule has 4 nitrogen and oxygen atoms in total. The molecule has 0 spiro atoms. The van der Waals surface area contributed by atoms with Crippen molar-refractivity contribution in [2.75, 3.05) is 4.90 Å². The molecule has 0 radical (unpaired) electrons. The van der Waals surface area contributed by atoms with Crippen LogP contribution in [0.3, 0.4) is 0 Å². The average Bonchev–Trinajstić information content (AvgIpc) is 2.57. The molecule has 2 amide bonds. The molecule has 0 unspecified atom stereocenters. The first-order chi connectivity index (χ1) is 9.24. The lowest BCUT2D eigenvalue weighted by Gasteiger charge is -2.23. The standard InChI is InChI=1S/C15H16FNO3/c1-5-10-11-8-9(16)6-7-12(11)17(13(10)18)14(19)20-15(2,3)4/h5-8H,1-4H3/b10-5-. The van der Waals surface area contributed by atoms with Crippen LogP contribution in [-0.2, 0) is 9.53 Å². The summed E-state index contributed by atoms with van der Waals surface area (Å²) in [5.41, 5.74) is 0.337. The molecule has 1 aromatic carbocycles. The number of anilines is 1. The Bertz CT molecular complexity index is 614. The molecule has 0 saturated carbocycles. The van der Waals surface area contributed by atoms with Gasteiger partial charge in [-0.1, -0.05) is 6.08 Å². The molecule has 20 heavy (non-hydrogen) atoms. The van der Waals surface area contributed by atoms with Crippen LogP contribution in [0, 0.1) is 5.82 Å². The van der Waals surface area contributed by atoms with Crippen LogP contribution in [0.15, 0.2) is 24.3 Å². The van der Waals surface area contributed by atoms with E-state index in [9.17, 15) is 14.0 Å². The second-order valence-electron chi connectivity index (χ2n) is 5.48. The summed E-state index contributed by atoms with van der Waals surface area (Å²) in [7, 11) is 0. The van der Waals surface area contributed by atoms with Gasteiger partial charge in [0.2, 0.25) is 0 Å². The van der Waals surface area contributed by atoms with Gasteiger partial charge >= 0.3 is 6.09 Å². The van der Waals surface area contributed by atoms with E-state index in [1.807, 2.05) is 0 Å². The molecule has 0 bridgehead atoms. The molecule has 1 aliphatic rings. The number of allylic oxidation sites excluding steroid dienone is 1. The summed E-state index contributed by atoms with van der Waals surface area (Å²) in [6.07, 6.45) is 0.803. The Morgan fingerprint density at radius 1 is 1.35 bits per heavy atom. The lowest BCUT2D eigenvalue weighted by Crippen LogP contribution is -2.38. The van der Waals surface area contributed by atoms with Crippen molar-refractivity contribution in [1.29, 1.82) is 0 Å². The fourth-order valence-electron chi connectivity index (χ4n) is 2.03. The number of ether oxygens (including phenoxy) is 1. The van der Waals surface area contributed by atoms with Crippen molar-refractivity contribution in [3.63, 3.8) is 0 Å². The van der Waals surface area contributed by atoms with Crippen LogP contribution in [0.5, 0.6) is 0 Å². The maximum atomic E-state index is 13.3. The topological polar surface area (TPSA) is 46.6 Å². The Balaban J connectivity index is 2.47. The van der Waals surface area contributed by atoms with Crippen molar-refractivity contribution in [1.82, 2.24) is 0 Å². The van der Waals surface area contributed by atoms with Gasteiger partial charge in [0.05, 0.1) is 5.69 Å². The van der Waals surface area contributed by atoms with Crippen molar-refractivity contribution in [3.05, 3.63) is 35.7 Å². The number of fused-ring (bicyclic) bond motifs is 1. The van der Waals surface area contributed by atoms with Gasteiger partial charge in [-0.2, -0.15) is 0 Å². The quantitative estimate of drug-likeness (QED) is 0.682. The maximum Gasteiger partial charge on any atom is 0.422 e. The minimum absolute atomic E-state index is 0.297. The molecule has 1 heterocycles. The third-order valence-electron chi connectivity index (χ3n) is 2.79. The van der Waals surface area contributed by atoms with Crippen LogP contribution in [0.2, 0.25) is 0 Å². The molecule has 1 aliphatic heterocycles. The Morgan fingerprint density at radius 2 is 2.00 bits per heavy atom. The summed E-state index contributed by atoms with van der Waals surface area (Å²) in [5.74, 6) is -0.954. The van der Waals surface area contributed by atoms with E-state index < -0.39 is 23.4 Å². The number of halogens is 1. The highest BCUT2D eigenvalue weighted by atomic mass is 19.1. The molecule has 0 aliphatic carbocycles. The van der Waals surface area contributed by atoms with Crippen LogP contribution >= 0.6 is 0 Å². The van der Waals surface area contributed by atoms with E-state index in [4.69, 9.17) is 4.74 Å². The van der Waals surface area contributed by atoms with Gasteiger partial charge in [-0.05, 0) is 45.9 Å². The van der Waals surface area contributed by atoms with Gasteiger partial charge in [-0.15, -0.1) is 0 Å². The fourth-order valence-corrected chi connectivity index (χ4v) is 2.03. The normalized spacial score (nSPS) is 16.6. The maximum absolute atomic E-state index is 13.3. The predicted molar refractivity (Wildman–Crippen MR) is 73.8 cm³/mol. The summed E-state index contributed by atoms with van der Waals surface area (Å²) >= 11 is 0. The number of carbonyl (C=O) groups is 2. The number of imide groups is 1. The van der Waals surface area contributed by atoms with Crippen molar-refractivity contribution in [2.24, 2.45) is 0 Å². The molecule has 0 saturated heterocycles. The van der Waals surface area contributed by atoms with Crippen molar-refractivity contribution in [3.8, 4) is 0 Å². The Morgan fingerprint density at radius 3 is 2.55 bits per heavy atom. The number of hydrogen-bond donors (Lipinski definition) is 0. The minimum Gasteiger partial charge on any atom is -0.443 e. The van der Waals surface area contributed by atoms with Crippen molar-refractivity contribution in [2.45, 2.75) is 33.3 Å². The van der Waals surface area contributed by atoms with E-state index in [-0.39, 0.29) is 0 Å². The summed E-state index contributed by atoms with van der Waals surface area (Å²) < 4.78 is 18.5. The second-order valence-corrected chi connectivity index (χ2v) is 5.48. The first-order valence-electron chi connectivity index (χ1n) is 6.28. The zero-order chi connectivity index (χ0) is 15.1. The Hall–Kier alpha value is -2.17. The molecular weight excluding hydrogens is 261 g/mol. The fraction of sp³-hybridized carbons (Fsp3) is 0.333. The Kier molecular flexibility index (Phi) is 3.38. The lowest BCUT2D eigenvalue weighted by molar-refractivity contribution is -0.112. The van der Waals surface area contributed by atoms with E-state index in [0.29, 0.717) is 16.8 Å². The van der Waals surface area contributed by atoms with Crippen LogP contribution in [0.4, 0.5) is 14.9 Å². The lowest BCUT2D eigenvalue weighted by atomic mass is 10.1. The largest absolute Gasteiger partial charge is 0.443 e. The third kappa shape index (κ3) is 2.43. The van der Waals surface area contributed by atoms with Crippen LogP contribution in [0.25, 0.3) is 5.57 Å². The van der Waals surface area contributed by atoms with Gasteiger partial charge in [0.15, 0.2) is 0 Å². The molecule has 0 N–H and O–H groups in total. The highest BCUT2D eigenvalue weighted by molar-refractivity contribution is 6.38. The number of carbonyl (C=O) groups excluding carboxylic acids is 2. The zero-order valence-electron chi connectivity index (χ0n) is 11.9. The molecular formula is C15H16FNO3. The van der Waals surface area contributed by atoms with Crippen molar-refractivity contribution < 1.29 is 18.7 Å². The molecule has 1 aromatic rings. The van der Waals surface area contributed by atoms with Gasteiger partial charge in [-0.3, -0.25) is 4.79 Å². The molecule has 5 heteroatoms. The monoisotopic (exact) mass is 277 g/mol. The van der Waals surface area contributed by atoms with Crippen LogP contribution in [-0.4, -0.2) is 17.6 Å². The van der Waals surface area contributed by atoms with Crippen molar-refractivity contribution >= 4 is 23.3 Å². The van der Waals surface area contributed by atoms with Crippen LogP contribution in [0.1, 0.15) is 33.3 Å². The number of amides is 2. The van der Waals surface area contributed by atoms with Gasteiger partial charge < -0.3 is 4.74 Å². The van der Waals surface area contributed by atoms with E-state index in [2.05, 4.69) is 0 Å². The second kappa shape index (κ2) is 4.74. The molecule has 106 valence electrons. The molecule has 0 atom stereocenters. The Labute approximate surface area is 116 Å². The van der Waals surface area contributed by atoms with E-state index >= 15 is 0 Å². The summed E-state index contributed by atoms with van der Waals surface area (Å²) in [5, 5.41) is 0. The summed E-state index contributed by atoms with van der Waals surface area (Å²) in [4.78, 5) is 25.3. The average molecular weight is 277 g/mol. The number of benzene rings is 1. The highest BCUT2D eigenvalue weighted by Crippen LogP contribution is 2.37. The van der Waals surface area contributed by atoms with Gasteiger partial charge in [0, 0.05) is 11.1 Å². The minimum atomic E-state index is -0.757. The number of rotatable bonds is 0. The molecule has 2 rings (SSSR count). The highest BCUT2D eigenvalue weighted by Gasteiger charge is 2.38. The van der Waals surface area contributed by atoms with Crippen LogP contribution < -0.4 is 4.90 Å².